The molecule has 3 aromatic carbocycles. The number of hydrogen-bond acceptors (Lipinski definition) is 9. The van der Waals surface area contributed by atoms with Crippen molar-refractivity contribution in [3.8, 4) is 5.75 Å². The first-order valence-corrected chi connectivity index (χ1v) is 18.4. The average Bonchev–Trinajstić information content (AvgIpc) is 3.90. The fourth-order valence-electron chi connectivity index (χ4n) is 7.97. The summed E-state index contributed by atoms with van der Waals surface area (Å²) in [6, 6.07) is 20.4. The normalized spacial score (nSPS) is 25.4. The molecule has 0 saturated carbocycles. The van der Waals surface area contributed by atoms with Gasteiger partial charge in [-0.3, -0.25) is 10.0 Å². The van der Waals surface area contributed by atoms with E-state index in [1.54, 1.807) is 6.21 Å². The van der Waals surface area contributed by atoms with Gasteiger partial charge in [0, 0.05) is 85.6 Å². The Morgan fingerprint density at radius 1 is 0.981 bits per heavy atom. The van der Waals surface area contributed by atoms with Gasteiger partial charge in [-0.05, 0) is 74.2 Å². The standard InChI is InChI=1S/C41H48F2N6O3/c1-4-40(29(3)50)49-28(2)32(23-46-49)19-30-5-8-35(9-6-30)47-15-17-48(18-16-47)36-10-12-37(13-11-36)51-25-31-21-41(52-26-31,22-34-24-44-27-45-34)38-14-7-33(42)20-39(38)43/h5-14,20,23-24,27,29,31-32,34,40,50H,2,4,15-19,21-22,25-26H2,1,3H3/t29-,31?,32?,34?,40-,41?/m0/s1. The zero-order chi connectivity index (χ0) is 36.2. The molecule has 2 fully saturated rings. The third kappa shape index (κ3) is 7.76. The average molecular weight is 711 g/mol. The third-order valence-corrected chi connectivity index (χ3v) is 10.9. The lowest BCUT2D eigenvalue weighted by atomic mass is 9.82. The molecule has 0 bridgehead atoms. The molecule has 0 spiro atoms. The highest BCUT2D eigenvalue weighted by atomic mass is 19.1. The van der Waals surface area contributed by atoms with E-state index in [-0.39, 0.29) is 23.9 Å². The molecule has 0 amide bonds. The van der Waals surface area contributed by atoms with Crippen LogP contribution < -0.4 is 14.5 Å². The van der Waals surface area contributed by atoms with Crippen LogP contribution >= 0.6 is 0 Å². The predicted octanol–water partition coefficient (Wildman–Crippen LogP) is 6.61. The van der Waals surface area contributed by atoms with E-state index in [1.807, 2.05) is 30.3 Å². The van der Waals surface area contributed by atoms with E-state index in [0.717, 1.165) is 62.2 Å². The van der Waals surface area contributed by atoms with Crippen LogP contribution in [0.15, 0.2) is 94.1 Å². The van der Waals surface area contributed by atoms with Crippen LogP contribution in [-0.2, 0) is 16.8 Å². The highest BCUT2D eigenvalue weighted by molar-refractivity contribution is 5.82. The van der Waals surface area contributed by atoms with E-state index in [4.69, 9.17) is 9.47 Å². The van der Waals surface area contributed by atoms with Crippen molar-refractivity contribution in [2.24, 2.45) is 26.9 Å². The number of aliphatic imine (C=N–C) groups is 2. The number of hydrazone groups is 1. The molecule has 4 aliphatic rings. The number of hydrogen-bond donors (Lipinski definition) is 1. The Labute approximate surface area is 305 Å². The Morgan fingerprint density at radius 3 is 2.29 bits per heavy atom. The second kappa shape index (κ2) is 15.6. The molecule has 4 unspecified atom stereocenters. The number of benzene rings is 3. The van der Waals surface area contributed by atoms with Crippen molar-refractivity contribution in [3.05, 3.63) is 102 Å². The summed E-state index contributed by atoms with van der Waals surface area (Å²) in [5.74, 6) is -0.291. The van der Waals surface area contributed by atoms with Crippen LogP contribution in [0.25, 0.3) is 0 Å². The minimum atomic E-state index is -0.931. The molecule has 0 aromatic heterocycles. The van der Waals surface area contributed by atoms with Gasteiger partial charge < -0.3 is 24.4 Å². The van der Waals surface area contributed by atoms with Crippen molar-refractivity contribution < 1.29 is 23.4 Å². The van der Waals surface area contributed by atoms with Crippen LogP contribution in [0, 0.1) is 23.5 Å². The Hall–Kier alpha value is -4.61. The Morgan fingerprint density at radius 2 is 1.67 bits per heavy atom. The first kappa shape index (κ1) is 35.8. The summed E-state index contributed by atoms with van der Waals surface area (Å²) < 4.78 is 41.2. The second-order valence-electron chi connectivity index (χ2n) is 14.4. The molecule has 274 valence electrons. The number of ether oxygens (including phenoxy) is 2. The summed E-state index contributed by atoms with van der Waals surface area (Å²) in [7, 11) is 0. The van der Waals surface area contributed by atoms with Crippen LogP contribution in [0.1, 0.15) is 44.2 Å². The quantitative estimate of drug-likeness (QED) is 0.215. The fourth-order valence-corrected chi connectivity index (χ4v) is 7.97. The number of rotatable bonds is 13. The monoisotopic (exact) mass is 710 g/mol. The lowest BCUT2D eigenvalue weighted by molar-refractivity contribution is -0.0116. The topological polar surface area (TPSA) is 85.5 Å². The van der Waals surface area contributed by atoms with Crippen LogP contribution in [0.5, 0.6) is 5.75 Å². The van der Waals surface area contributed by atoms with E-state index >= 15 is 0 Å². The molecule has 4 aliphatic heterocycles. The largest absolute Gasteiger partial charge is 0.493 e. The second-order valence-corrected chi connectivity index (χ2v) is 14.4. The van der Waals surface area contributed by atoms with Crippen LogP contribution in [0.2, 0.25) is 0 Å². The summed E-state index contributed by atoms with van der Waals surface area (Å²) in [4.78, 5) is 13.3. The minimum absolute atomic E-state index is 0.0318. The number of nitrogens with zero attached hydrogens (tertiary/aromatic N) is 6. The number of halogens is 2. The molecular weight excluding hydrogens is 662 g/mol. The molecule has 3 aromatic rings. The zero-order valence-electron chi connectivity index (χ0n) is 30.0. The lowest BCUT2D eigenvalue weighted by Gasteiger charge is -2.37. The van der Waals surface area contributed by atoms with Gasteiger partial charge in [-0.1, -0.05) is 31.7 Å². The molecule has 1 N–H and O–H groups in total. The molecule has 2 saturated heterocycles. The maximum atomic E-state index is 15.0. The summed E-state index contributed by atoms with van der Waals surface area (Å²) >= 11 is 0. The zero-order valence-corrected chi connectivity index (χ0v) is 30.0. The van der Waals surface area contributed by atoms with Crippen molar-refractivity contribution in [1.82, 2.24) is 5.01 Å². The van der Waals surface area contributed by atoms with Gasteiger partial charge in [-0.15, -0.1) is 0 Å². The fraction of sp³-hybridized carbons (Fsp3) is 0.439. The molecule has 52 heavy (non-hydrogen) atoms. The highest BCUT2D eigenvalue weighted by Gasteiger charge is 2.45. The van der Waals surface area contributed by atoms with Crippen LogP contribution in [0.4, 0.5) is 20.2 Å². The summed E-state index contributed by atoms with van der Waals surface area (Å²) in [6.45, 7) is 12.7. The van der Waals surface area contributed by atoms with Crippen LogP contribution in [0.3, 0.4) is 0 Å². The molecule has 0 radical (unpaired) electrons. The maximum Gasteiger partial charge on any atom is 0.132 e. The molecule has 4 heterocycles. The molecule has 11 heteroatoms. The van der Waals surface area contributed by atoms with Gasteiger partial charge in [0.2, 0.25) is 0 Å². The van der Waals surface area contributed by atoms with Gasteiger partial charge in [0.05, 0.1) is 37.0 Å². The summed E-state index contributed by atoms with van der Waals surface area (Å²) in [5.41, 5.74) is 3.98. The van der Waals surface area contributed by atoms with Crippen molar-refractivity contribution in [2.75, 3.05) is 49.2 Å². The number of piperazine rings is 1. The van der Waals surface area contributed by atoms with Crippen molar-refractivity contribution in [3.63, 3.8) is 0 Å². The molecule has 9 nitrogen and oxygen atoms in total. The summed E-state index contributed by atoms with van der Waals surface area (Å²) in [5, 5.41) is 16.6. The van der Waals surface area contributed by atoms with E-state index in [0.29, 0.717) is 31.6 Å². The smallest absolute Gasteiger partial charge is 0.132 e. The maximum absolute atomic E-state index is 15.0. The number of aliphatic hydroxyl groups is 1. The van der Waals surface area contributed by atoms with Gasteiger partial charge >= 0.3 is 0 Å². The Bertz CT molecular complexity index is 1780. The van der Waals surface area contributed by atoms with Gasteiger partial charge in [-0.2, -0.15) is 5.10 Å². The third-order valence-electron chi connectivity index (χ3n) is 10.9. The molecule has 7 rings (SSSR count). The summed E-state index contributed by atoms with van der Waals surface area (Å²) in [6.07, 6.45) is 7.32. The highest BCUT2D eigenvalue weighted by Crippen LogP contribution is 2.44. The Balaban J connectivity index is 0.885. The van der Waals surface area contributed by atoms with E-state index in [1.165, 1.54) is 29.7 Å². The van der Waals surface area contributed by atoms with Gasteiger partial charge in [-0.25, -0.2) is 13.8 Å². The molecule has 6 atom stereocenters. The lowest BCUT2D eigenvalue weighted by Crippen LogP contribution is -2.46. The van der Waals surface area contributed by atoms with E-state index in [2.05, 4.69) is 74.8 Å². The molecule has 0 aliphatic carbocycles. The number of aliphatic hydroxyl groups excluding tert-OH is 1. The Kier molecular flexibility index (Phi) is 10.7. The van der Waals surface area contributed by atoms with Crippen molar-refractivity contribution >= 4 is 30.1 Å². The van der Waals surface area contributed by atoms with Crippen molar-refractivity contribution in [2.45, 2.75) is 63.3 Å². The first-order chi connectivity index (χ1) is 25.2. The van der Waals surface area contributed by atoms with Crippen molar-refractivity contribution in [1.29, 1.82) is 0 Å². The predicted molar refractivity (Wildman–Crippen MR) is 203 cm³/mol. The number of allylic oxidation sites excluding steroid dienone is 1. The van der Waals surface area contributed by atoms with E-state index in [9.17, 15) is 13.9 Å². The van der Waals surface area contributed by atoms with Gasteiger partial charge in [0.25, 0.3) is 0 Å². The van der Waals surface area contributed by atoms with E-state index < -0.39 is 23.3 Å². The number of anilines is 2. The minimum Gasteiger partial charge on any atom is -0.493 e. The van der Waals surface area contributed by atoms with Gasteiger partial charge in [0.15, 0.2) is 0 Å². The van der Waals surface area contributed by atoms with Gasteiger partial charge in [0.1, 0.15) is 23.7 Å². The SMILES string of the molecule is C=C1C(Cc2ccc(N3CCN(c4ccc(OCC5COC(CC6C=NC=N6)(c6ccc(F)cc6F)C5)cc4)CC3)cc2)C=NN1[C@@H](CC)[C@H](C)O. The van der Waals surface area contributed by atoms with Crippen LogP contribution in [-0.4, -0.2) is 86.5 Å². The molecular formula is C41H48F2N6O3. The first-order valence-electron chi connectivity index (χ1n) is 18.4.